The van der Waals surface area contributed by atoms with Gasteiger partial charge in [-0.2, -0.15) is 0 Å². The molecule has 21 heavy (non-hydrogen) atoms. The zero-order valence-corrected chi connectivity index (χ0v) is 13.1. The van der Waals surface area contributed by atoms with Gasteiger partial charge in [0.05, 0.1) is 0 Å². The highest BCUT2D eigenvalue weighted by molar-refractivity contribution is 7.80. The van der Waals surface area contributed by atoms with E-state index in [2.05, 4.69) is 11.8 Å². The maximum Gasteiger partial charge on any atom is 0.260 e. The van der Waals surface area contributed by atoms with E-state index in [9.17, 15) is 4.79 Å². The summed E-state index contributed by atoms with van der Waals surface area (Å²) < 4.78 is 5.52. The van der Waals surface area contributed by atoms with Gasteiger partial charge in [0, 0.05) is 31.7 Å². The molecule has 0 aromatic heterocycles. The Balaban J connectivity index is 1.80. The molecule has 1 amide bonds. The third-order valence-corrected chi connectivity index (χ3v) is 3.91. The lowest BCUT2D eigenvalue weighted by molar-refractivity contribution is -0.135. The number of thiocarbonyl (C=S) groups is 1. The van der Waals surface area contributed by atoms with E-state index < -0.39 is 0 Å². The van der Waals surface area contributed by atoms with Crippen LogP contribution in [0.1, 0.15) is 12.5 Å². The second-order valence-electron chi connectivity index (χ2n) is 4.99. The van der Waals surface area contributed by atoms with Crippen molar-refractivity contribution in [3.8, 4) is 5.75 Å². The van der Waals surface area contributed by atoms with Gasteiger partial charge < -0.3 is 20.3 Å². The van der Waals surface area contributed by atoms with Crippen LogP contribution in [0.15, 0.2) is 24.3 Å². The largest absolute Gasteiger partial charge is 0.484 e. The monoisotopic (exact) mass is 307 g/mol. The molecule has 1 heterocycles. The van der Waals surface area contributed by atoms with E-state index in [1.54, 1.807) is 24.3 Å². The van der Waals surface area contributed by atoms with Crippen molar-refractivity contribution in [1.82, 2.24) is 9.80 Å². The van der Waals surface area contributed by atoms with Gasteiger partial charge in [-0.1, -0.05) is 19.1 Å². The Hall–Kier alpha value is -1.66. The Labute approximate surface area is 130 Å². The normalized spacial score (nSPS) is 15.8. The van der Waals surface area contributed by atoms with E-state index in [4.69, 9.17) is 22.7 Å². The topological polar surface area (TPSA) is 58.8 Å². The van der Waals surface area contributed by atoms with E-state index in [-0.39, 0.29) is 12.5 Å². The number of piperazine rings is 1. The average Bonchev–Trinajstić information content (AvgIpc) is 2.53. The zero-order chi connectivity index (χ0) is 15.2. The van der Waals surface area contributed by atoms with Gasteiger partial charge in [-0.25, -0.2) is 0 Å². The molecule has 2 N–H and O–H groups in total. The lowest BCUT2D eigenvalue weighted by atomic mass is 10.2. The van der Waals surface area contributed by atoms with Crippen molar-refractivity contribution in [2.24, 2.45) is 5.73 Å². The summed E-state index contributed by atoms with van der Waals surface area (Å²) in [6, 6.07) is 7.14. The summed E-state index contributed by atoms with van der Waals surface area (Å²) in [6.07, 6.45) is 0. The number of carbonyl (C=O) groups is 1. The Bertz CT molecular complexity index is 496. The van der Waals surface area contributed by atoms with Crippen LogP contribution >= 0.6 is 12.2 Å². The molecule has 0 saturated carbocycles. The molecule has 0 bridgehead atoms. The SMILES string of the molecule is CCN1CCN(C(=O)COc2ccc(C(N)=S)cc2)CC1. The highest BCUT2D eigenvalue weighted by Gasteiger charge is 2.20. The molecule has 0 spiro atoms. The lowest BCUT2D eigenvalue weighted by Crippen LogP contribution is -2.49. The number of hydrogen-bond donors (Lipinski definition) is 1. The summed E-state index contributed by atoms with van der Waals surface area (Å²) in [6.45, 7) is 6.66. The molecule has 2 rings (SSSR count). The molecular weight excluding hydrogens is 286 g/mol. The first-order valence-electron chi connectivity index (χ1n) is 7.13. The first-order valence-corrected chi connectivity index (χ1v) is 7.53. The van der Waals surface area contributed by atoms with Gasteiger partial charge in [-0.15, -0.1) is 0 Å². The Morgan fingerprint density at radius 3 is 2.38 bits per heavy atom. The molecular formula is C15H21N3O2S. The van der Waals surface area contributed by atoms with Crippen molar-refractivity contribution in [2.45, 2.75) is 6.92 Å². The van der Waals surface area contributed by atoms with E-state index in [1.165, 1.54) is 0 Å². The van der Waals surface area contributed by atoms with Crippen molar-refractivity contribution in [2.75, 3.05) is 39.3 Å². The van der Waals surface area contributed by atoms with Crippen LogP contribution in [0.25, 0.3) is 0 Å². The zero-order valence-electron chi connectivity index (χ0n) is 12.2. The summed E-state index contributed by atoms with van der Waals surface area (Å²) in [5.41, 5.74) is 6.32. The fourth-order valence-electron chi connectivity index (χ4n) is 2.27. The third kappa shape index (κ3) is 4.41. The second-order valence-corrected chi connectivity index (χ2v) is 5.43. The number of likely N-dealkylation sites (N-methyl/N-ethyl adjacent to an activating group) is 1. The highest BCUT2D eigenvalue weighted by Crippen LogP contribution is 2.12. The maximum absolute atomic E-state index is 12.1. The number of carbonyl (C=O) groups excluding carboxylic acids is 1. The molecule has 0 aliphatic carbocycles. The summed E-state index contributed by atoms with van der Waals surface area (Å²) in [5.74, 6) is 0.680. The highest BCUT2D eigenvalue weighted by atomic mass is 32.1. The van der Waals surface area contributed by atoms with Crippen LogP contribution in [-0.2, 0) is 4.79 Å². The van der Waals surface area contributed by atoms with Crippen molar-refractivity contribution in [3.05, 3.63) is 29.8 Å². The molecule has 1 aromatic rings. The minimum absolute atomic E-state index is 0.0316. The van der Waals surface area contributed by atoms with Crippen molar-refractivity contribution in [3.63, 3.8) is 0 Å². The minimum Gasteiger partial charge on any atom is -0.484 e. The van der Waals surface area contributed by atoms with Crippen LogP contribution in [0.5, 0.6) is 5.75 Å². The van der Waals surface area contributed by atoms with Crippen LogP contribution in [0, 0.1) is 0 Å². The van der Waals surface area contributed by atoms with E-state index in [0.29, 0.717) is 10.7 Å². The van der Waals surface area contributed by atoms with Gasteiger partial charge in [-0.3, -0.25) is 4.79 Å². The molecule has 114 valence electrons. The molecule has 0 atom stereocenters. The predicted octanol–water partition coefficient (Wildman–Crippen LogP) is 0.864. The number of ether oxygens (including phenoxy) is 1. The molecule has 1 aliphatic heterocycles. The third-order valence-electron chi connectivity index (χ3n) is 3.67. The number of amides is 1. The fourth-order valence-corrected chi connectivity index (χ4v) is 2.40. The quantitative estimate of drug-likeness (QED) is 0.818. The van der Waals surface area contributed by atoms with E-state index in [1.807, 2.05) is 4.90 Å². The van der Waals surface area contributed by atoms with Crippen molar-refractivity contribution < 1.29 is 9.53 Å². The average molecular weight is 307 g/mol. The number of benzene rings is 1. The summed E-state index contributed by atoms with van der Waals surface area (Å²) in [7, 11) is 0. The predicted molar refractivity (Wildman–Crippen MR) is 86.5 cm³/mol. The molecule has 1 fully saturated rings. The van der Waals surface area contributed by atoms with Gasteiger partial charge >= 0.3 is 0 Å². The first-order chi connectivity index (χ1) is 10.1. The summed E-state index contributed by atoms with van der Waals surface area (Å²) >= 11 is 4.89. The van der Waals surface area contributed by atoms with Crippen molar-refractivity contribution in [1.29, 1.82) is 0 Å². The molecule has 1 saturated heterocycles. The molecule has 0 radical (unpaired) electrons. The van der Waals surface area contributed by atoms with Crippen LogP contribution in [-0.4, -0.2) is 60.0 Å². The van der Waals surface area contributed by atoms with Gasteiger partial charge in [0.25, 0.3) is 5.91 Å². The molecule has 1 aromatic carbocycles. The van der Waals surface area contributed by atoms with Gasteiger partial charge in [-0.05, 0) is 30.8 Å². The smallest absolute Gasteiger partial charge is 0.260 e. The van der Waals surface area contributed by atoms with Gasteiger partial charge in [0.2, 0.25) is 0 Å². The Morgan fingerprint density at radius 1 is 1.24 bits per heavy atom. The summed E-state index contributed by atoms with van der Waals surface area (Å²) in [4.78, 5) is 16.6. The number of nitrogens with two attached hydrogens (primary N) is 1. The minimum atomic E-state index is 0.0316. The van der Waals surface area contributed by atoms with Crippen LogP contribution in [0.4, 0.5) is 0 Å². The number of nitrogens with zero attached hydrogens (tertiary/aromatic N) is 2. The van der Waals surface area contributed by atoms with Gasteiger partial charge in [0.1, 0.15) is 10.7 Å². The molecule has 5 nitrogen and oxygen atoms in total. The second kappa shape index (κ2) is 7.38. The lowest BCUT2D eigenvalue weighted by Gasteiger charge is -2.33. The molecule has 1 aliphatic rings. The van der Waals surface area contributed by atoms with E-state index >= 15 is 0 Å². The Morgan fingerprint density at radius 2 is 1.86 bits per heavy atom. The van der Waals surface area contributed by atoms with E-state index in [0.717, 1.165) is 38.3 Å². The maximum atomic E-state index is 12.1. The van der Waals surface area contributed by atoms with Crippen LogP contribution < -0.4 is 10.5 Å². The molecule has 0 unspecified atom stereocenters. The number of rotatable bonds is 5. The first kappa shape index (κ1) is 15.7. The molecule has 6 heteroatoms. The Kier molecular flexibility index (Phi) is 5.52. The standard InChI is InChI=1S/C15H21N3O2S/c1-2-17-7-9-18(10-8-17)14(19)11-20-13-5-3-12(4-6-13)15(16)21/h3-6H,2,7-11H2,1H3,(H2,16,21). The van der Waals surface area contributed by atoms with Crippen molar-refractivity contribution >= 4 is 23.1 Å². The van der Waals surface area contributed by atoms with Crippen LogP contribution in [0.3, 0.4) is 0 Å². The van der Waals surface area contributed by atoms with Gasteiger partial charge in [0.15, 0.2) is 6.61 Å². The summed E-state index contributed by atoms with van der Waals surface area (Å²) in [5, 5.41) is 0. The fraction of sp³-hybridized carbons (Fsp3) is 0.467. The van der Waals surface area contributed by atoms with Crippen LogP contribution in [0.2, 0.25) is 0 Å². The number of hydrogen-bond acceptors (Lipinski definition) is 4.